The molecule has 0 bridgehead atoms. The van der Waals surface area contributed by atoms with Crippen LogP contribution in [-0.2, 0) is 9.47 Å². The Morgan fingerprint density at radius 1 is 1.27 bits per heavy atom. The van der Waals surface area contributed by atoms with Crippen LogP contribution in [0.1, 0.15) is 58.1 Å². The van der Waals surface area contributed by atoms with Crippen LogP contribution in [0.3, 0.4) is 0 Å². The standard InChI is InChI=1S/C18H31N3O5/c1-2-3-4-5-6-7-8-11-25-16-15(23)13(12-22)26-17(16)21-10-9-14(19)20-18(21)24/h9-10,13,15-17,22-23H,2-8,11-12H2,1H3,(H2,19,20,24)/t13-,15-,16-,17-/m1/s1. The largest absolute Gasteiger partial charge is 0.394 e. The van der Waals surface area contributed by atoms with E-state index in [9.17, 15) is 15.0 Å². The lowest BCUT2D eigenvalue weighted by molar-refractivity contribution is -0.0748. The van der Waals surface area contributed by atoms with Crippen LogP contribution in [0.2, 0.25) is 0 Å². The summed E-state index contributed by atoms with van der Waals surface area (Å²) in [5.41, 5.74) is 4.93. The van der Waals surface area contributed by atoms with Crippen LogP contribution in [0.25, 0.3) is 0 Å². The van der Waals surface area contributed by atoms with Gasteiger partial charge in [0, 0.05) is 12.8 Å². The Labute approximate surface area is 154 Å². The normalized spacial score (nSPS) is 25.7. The molecule has 8 nitrogen and oxygen atoms in total. The Kier molecular flexibility index (Phi) is 8.50. The summed E-state index contributed by atoms with van der Waals surface area (Å²) in [6, 6.07) is 1.48. The van der Waals surface area contributed by atoms with Crippen LogP contribution in [0.15, 0.2) is 17.1 Å². The van der Waals surface area contributed by atoms with Crippen molar-refractivity contribution in [2.75, 3.05) is 18.9 Å². The van der Waals surface area contributed by atoms with Crippen LogP contribution in [0, 0.1) is 0 Å². The van der Waals surface area contributed by atoms with Crippen LogP contribution in [-0.4, -0.2) is 51.3 Å². The van der Waals surface area contributed by atoms with Crippen LogP contribution >= 0.6 is 0 Å². The van der Waals surface area contributed by atoms with Gasteiger partial charge in [-0.25, -0.2) is 4.79 Å². The van der Waals surface area contributed by atoms with E-state index in [0.29, 0.717) is 6.61 Å². The molecular weight excluding hydrogens is 338 g/mol. The minimum atomic E-state index is -1.01. The molecule has 148 valence electrons. The summed E-state index contributed by atoms with van der Waals surface area (Å²) in [5.74, 6) is 0.115. The minimum Gasteiger partial charge on any atom is -0.394 e. The number of hydrogen-bond donors (Lipinski definition) is 3. The van der Waals surface area contributed by atoms with Crippen LogP contribution in [0.5, 0.6) is 0 Å². The summed E-state index contributed by atoms with van der Waals surface area (Å²) in [6.45, 7) is 2.30. The molecule has 0 aromatic carbocycles. The number of ether oxygens (including phenoxy) is 2. The van der Waals surface area contributed by atoms with Crippen molar-refractivity contribution in [2.24, 2.45) is 0 Å². The molecule has 8 heteroatoms. The Bertz CT molecular complexity index is 594. The van der Waals surface area contributed by atoms with E-state index in [1.165, 1.54) is 42.5 Å². The fourth-order valence-corrected chi connectivity index (χ4v) is 3.17. The lowest BCUT2D eigenvalue weighted by Gasteiger charge is -2.22. The highest BCUT2D eigenvalue weighted by molar-refractivity contribution is 5.23. The van der Waals surface area contributed by atoms with E-state index in [0.717, 1.165) is 19.3 Å². The van der Waals surface area contributed by atoms with Crippen molar-refractivity contribution < 1.29 is 19.7 Å². The van der Waals surface area contributed by atoms with Gasteiger partial charge < -0.3 is 25.4 Å². The Morgan fingerprint density at radius 2 is 1.96 bits per heavy atom. The number of nitrogen functional groups attached to an aromatic ring is 1. The first kappa shape index (κ1) is 20.8. The van der Waals surface area contributed by atoms with Gasteiger partial charge in [0.15, 0.2) is 6.23 Å². The quantitative estimate of drug-likeness (QED) is 0.502. The van der Waals surface area contributed by atoms with E-state index in [4.69, 9.17) is 15.2 Å². The molecule has 2 rings (SSSR count). The molecule has 1 aromatic rings. The molecule has 0 saturated carbocycles. The molecular formula is C18H31N3O5. The van der Waals surface area contributed by atoms with E-state index in [2.05, 4.69) is 11.9 Å². The molecule has 0 unspecified atom stereocenters. The molecule has 0 spiro atoms. The zero-order valence-electron chi connectivity index (χ0n) is 15.4. The second kappa shape index (κ2) is 10.6. The van der Waals surface area contributed by atoms with Crippen LogP contribution in [0.4, 0.5) is 5.82 Å². The molecule has 1 aliphatic rings. The predicted octanol–water partition coefficient (Wildman–Crippen LogP) is 1.21. The van der Waals surface area contributed by atoms with Gasteiger partial charge >= 0.3 is 5.69 Å². The third-order valence-electron chi connectivity index (χ3n) is 4.68. The highest BCUT2D eigenvalue weighted by Gasteiger charge is 2.45. The van der Waals surface area contributed by atoms with E-state index in [1.54, 1.807) is 0 Å². The number of hydrogen-bond acceptors (Lipinski definition) is 7. The van der Waals surface area contributed by atoms with E-state index < -0.39 is 30.2 Å². The molecule has 1 saturated heterocycles. The summed E-state index contributed by atoms with van der Waals surface area (Å²) < 4.78 is 12.7. The van der Waals surface area contributed by atoms with E-state index in [1.807, 2.05) is 0 Å². The third kappa shape index (κ3) is 5.51. The second-order valence-corrected chi connectivity index (χ2v) is 6.74. The van der Waals surface area contributed by atoms with Crippen molar-refractivity contribution >= 4 is 5.82 Å². The highest BCUT2D eigenvalue weighted by atomic mass is 16.6. The third-order valence-corrected chi connectivity index (χ3v) is 4.68. The van der Waals surface area contributed by atoms with Crippen molar-refractivity contribution in [1.82, 2.24) is 9.55 Å². The first-order chi connectivity index (χ1) is 12.6. The number of rotatable bonds is 11. The van der Waals surface area contributed by atoms with E-state index in [-0.39, 0.29) is 12.4 Å². The predicted molar refractivity (Wildman–Crippen MR) is 97.6 cm³/mol. The molecule has 0 amide bonds. The molecule has 1 aliphatic heterocycles. The van der Waals surface area contributed by atoms with Gasteiger partial charge in [-0.1, -0.05) is 45.4 Å². The van der Waals surface area contributed by atoms with Crippen molar-refractivity contribution in [3.8, 4) is 0 Å². The van der Waals surface area contributed by atoms with Gasteiger partial charge in [0.25, 0.3) is 0 Å². The number of nitrogens with two attached hydrogens (primary N) is 1. The molecule has 4 atom stereocenters. The number of nitrogens with zero attached hydrogens (tertiary/aromatic N) is 2. The summed E-state index contributed by atoms with van der Waals surface area (Å²) in [6.07, 6.45) is 6.16. The molecule has 0 radical (unpaired) electrons. The molecule has 0 aliphatic carbocycles. The first-order valence-corrected chi connectivity index (χ1v) is 9.49. The van der Waals surface area contributed by atoms with Gasteiger partial charge in [-0.15, -0.1) is 0 Å². The zero-order valence-corrected chi connectivity index (χ0v) is 15.4. The molecule has 2 heterocycles. The van der Waals surface area contributed by atoms with Crippen LogP contribution < -0.4 is 11.4 Å². The maximum Gasteiger partial charge on any atom is 0.351 e. The summed E-state index contributed by atoms with van der Waals surface area (Å²) in [5, 5.41) is 19.7. The molecule has 4 N–H and O–H groups in total. The van der Waals surface area contributed by atoms with Crippen molar-refractivity contribution in [1.29, 1.82) is 0 Å². The second-order valence-electron chi connectivity index (χ2n) is 6.74. The van der Waals surface area contributed by atoms with Crippen molar-refractivity contribution in [3.63, 3.8) is 0 Å². The van der Waals surface area contributed by atoms with Crippen molar-refractivity contribution in [3.05, 3.63) is 22.7 Å². The zero-order chi connectivity index (χ0) is 18.9. The topological polar surface area (TPSA) is 120 Å². The van der Waals surface area contributed by atoms with Gasteiger partial charge in [-0.3, -0.25) is 4.57 Å². The summed E-state index contributed by atoms with van der Waals surface area (Å²) >= 11 is 0. The number of aromatic nitrogens is 2. The average molecular weight is 369 g/mol. The Morgan fingerprint density at radius 3 is 2.62 bits per heavy atom. The molecule has 1 aromatic heterocycles. The average Bonchev–Trinajstić information content (AvgIpc) is 2.93. The van der Waals surface area contributed by atoms with E-state index >= 15 is 0 Å². The first-order valence-electron chi connectivity index (χ1n) is 9.49. The van der Waals surface area contributed by atoms with Crippen molar-refractivity contribution in [2.45, 2.75) is 76.4 Å². The molecule has 1 fully saturated rings. The lowest BCUT2D eigenvalue weighted by Crippen LogP contribution is -2.38. The maximum atomic E-state index is 12.1. The fourth-order valence-electron chi connectivity index (χ4n) is 3.17. The smallest absolute Gasteiger partial charge is 0.351 e. The Hall–Kier alpha value is -1.48. The maximum absolute atomic E-state index is 12.1. The number of unbranched alkanes of at least 4 members (excludes halogenated alkanes) is 6. The van der Waals surface area contributed by atoms with Gasteiger partial charge in [0.05, 0.1) is 6.61 Å². The highest BCUT2D eigenvalue weighted by Crippen LogP contribution is 2.31. The molecule has 26 heavy (non-hydrogen) atoms. The van der Waals surface area contributed by atoms with Gasteiger partial charge in [0.1, 0.15) is 24.1 Å². The lowest BCUT2D eigenvalue weighted by atomic mass is 10.1. The van der Waals surface area contributed by atoms with Gasteiger partial charge in [0.2, 0.25) is 0 Å². The van der Waals surface area contributed by atoms with Gasteiger partial charge in [-0.05, 0) is 12.5 Å². The Balaban J connectivity index is 1.89. The monoisotopic (exact) mass is 369 g/mol. The SMILES string of the molecule is CCCCCCCCCO[C@@H]1[C@H](O)[C@@H](CO)O[C@H]1n1ccc(N)nc1=O. The number of anilines is 1. The summed E-state index contributed by atoms with van der Waals surface area (Å²) in [4.78, 5) is 15.7. The summed E-state index contributed by atoms with van der Waals surface area (Å²) in [7, 11) is 0. The minimum absolute atomic E-state index is 0.115. The van der Waals surface area contributed by atoms with Gasteiger partial charge in [-0.2, -0.15) is 4.98 Å². The number of aliphatic hydroxyl groups excluding tert-OH is 2. The number of aliphatic hydroxyl groups is 2. The fraction of sp³-hybridized carbons (Fsp3) is 0.778.